The third-order valence-electron chi connectivity index (χ3n) is 3.64. The molecule has 0 aromatic heterocycles. The van der Waals surface area contributed by atoms with Crippen LogP contribution in [0, 0.1) is 5.82 Å². The maximum atomic E-state index is 12.8. The molecule has 29 heavy (non-hydrogen) atoms. The summed E-state index contributed by atoms with van der Waals surface area (Å²) >= 11 is 0. The fraction of sp³-hybridized carbons (Fsp3) is 0.200. The van der Waals surface area contributed by atoms with Gasteiger partial charge in [0.05, 0.1) is 19.1 Å². The number of esters is 2. The first-order valence-electron chi connectivity index (χ1n) is 8.56. The van der Waals surface area contributed by atoms with Gasteiger partial charge in [-0.3, -0.25) is 14.4 Å². The molecule has 2 N–H and O–H groups in total. The predicted molar refractivity (Wildman–Crippen MR) is 102 cm³/mol. The van der Waals surface area contributed by atoms with Crippen LogP contribution in [0.15, 0.2) is 48.5 Å². The van der Waals surface area contributed by atoms with Gasteiger partial charge < -0.3 is 20.1 Å². The molecular weight excluding hydrogens is 383 g/mol. The molecule has 0 unspecified atom stereocenters. The van der Waals surface area contributed by atoms with E-state index in [1.54, 1.807) is 0 Å². The first-order valence-corrected chi connectivity index (χ1v) is 8.56. The number of ether oxygens (including phenoxy) is 2. The molecule has 2 aromatic rings. The molecule has 9 heteroatoms. The molecule has 0 bridgehead atoms. The summed E-state index contributed by atoms with van der Waals surface area (Å²) in [6.07, 6.45) is -0.360. The van der Waals surface area contributed by atoms with E-state index >= 15 is 0 Å². The molecule has 0 aliphatic rings. The Labute approximate surface area is 166 Å². The van der Waals surface area contributed by atoms with Crippen molar-refractivity contribution in [2.24, 2.45) is 0 Å². The zero-order valence-corrected chi connectivity index (χ0v) is 15.6. The average molecular weight is 402 g/mol. The molecule has 0 radical (unpaired) electrons. The highest BCUT2D eigenvalue weighted by Gasteiger charge is 2.11. The lowest BCUT2D eigenvalue weighted by Gasteiger charge is -2.08. The van der Waals surface area contributed by atoms with Crippen molar-refractivity contribution in [3.05, 3.63) is 59.9 Å². The number of methoxy groups -OCH3 is 1. The molecule has 2 aromatic carbocycles. The fourth-order valence-corrected chi connectivity index (χ4v) is 2.20. The standard InChI is InChI=1S/C20H19FN2O6/c1-28-20(27)13-2-6-15(7-3-13)23-18(25)12-29-19(26)11-10-17(24)22-16-8-4-14(21)5-9-16/h2-9H,10-12H2,1H3,(H,22,24)(H,23,25). The van der Waals surface area contributed by atoms with Gasteiger partial charge >= 0.3 is 11.9 Å². The number of halogens is 1. The first-order chi connectivity index (χ1) is 13.9. The summed E-state index contributed by atoms with van der Waals surface area (Å²) in [6.45, 7) is -0.517. The molecule has 0 spiro atoms. The first kappa shape index (κ1) is 21.5. The Morgan fingerprint density at radius 3 is 1.97 bits per heavy atom. The summed E-state index contributed by atoms with van der Waals surface area (Å²) in [5.74, 6) is -2.65. The van der Waals surface area contributed by atoms with E-state index in [0.717, 1.165) is 0 Å². The smallest absolute Gasteiger partial charge is 0.337 e. The summed E-state index contributed by atoms with van der Waals surface area (Å²) in [4.78, 5) is 46.6. The van der Waals surface area contributed by atoms with Gasteiger partial charge in [0, 0.05) is 17.8 Å². The summed E-state index contributed by atoms with van der Waals surface area (Å²) in [6, 6.07) is 11.2. The van der Waals surface area contributed by atoms with Crippen LogP contribution in [0.1, 0.15) is 23.2 Å². The van der Waals surface area contributed by atoms with Gasteiger partial charge in [-0.1, -0.05) is 0 Å². The van der Waals surface area contributed by atoms with Gasteiger partial charge in [-0.05, 0) is 48.5 Å². The molecule has 0 saturated heterocycles. The largest absolute Gasteiger partial charge is 0.465 e. The number of carbonyl (C=O) groups is 4. The number of rotatable bonds is 8. The van der Waals surface area contributed by atoms with Gasteiger partial charge in [-0.25, -0.2) is 9.18 Å². The third kappa shape index (κ3) is 7.41. The van der Waals surface area contributed by atoms with Gasteiger partial charge in [0.15, 0.2) is 6.61 Å². The topological polar surface area (TPSA) is 111 Å². The second kappa shape index (κ2) is 10.5. The van der Waals surface area contributed by atoms with Gasteiger partial charge in [-0.15, -0.1) is 0 Å². The van der Waals surface area contributed by atoms with Crippen molar-refractivity contribution >= 4 is 35.1 Å². The van der Waals surface area contributed by atoms with Gasteiger partial charge in [0.2, 0.25) is 5.91 Å². The minimum absolute atomic E-state index is 0.146. The van der Waals surface area contributed by atoms with E-state index in [1.807, 2.05) is 0 Å². The molecule has 0 heterocycles. The van der Waals surface area contributed by atoms with E-state index in [9.17, 15) is 23.6 Å². The quantitative estimate of drug-likeness (QED) is 0.657. The Balaban J connectivity index is 1.68. The van der Waals surface area contributed by atoms with E-state index in [2.05, 4.69) is 15.4 Å². The van der Waals surface area contributed by atoms with Crippen molar-refractivity contribution in [2.45, 2.75) is 12.8 Å². The zero-order valence-electron chi connectivity index (χ0n) is 15.6. The molecule has 0 saturated carbocycles. The lowest BCUT2D eigenvalue weighted by atomic mass is 10.2. The van der Waals surface area contributed by atoms with Crippen LogP contribution in [0.5, 0.6) is 0 Å². The number of amides is 2. The Morgan fingerprint density at radius 2 is 1.38 bits per heavy atom. The van der Waals surface area contributed by atoms with Crippen molar-refractivity contribution in [1.82, 2.24) is 0 Å². The van der Waals surface area contributed by atoms with Gasteiger partial charge in [0.1, 0.15) is 5.82 Å². The minimum atomic E-state index is -0.713. The Hall–Kier alpha value is -3.75. The monoisotopic (exact) mass is 402 g/mol. The normalized spacial score (nSPS) is 10.0. The fourth-order valence-electron chi connectivity index (χ4n) is 2.20. The highest BCUT2D eigenvalue weighted by atomic mass is 19.1. The number of benzene rings is 2. The summed E-state index contributed by atoms with van der Waals surface area (Å²) in [7, 11) is 1.26. The van der Waals surface area contributed by atoms with Gasteiger partial charge in [-0.2, -0.15) is 0 Å². The van der Waals surface area contributed by atoms with Crippen molar-refractivity contribution < 1.29 is 33.0 Å². The summed E-state index contributed by atoms with van der Waals surface area (Å²) in [5, 5.41) is 5.02. The van der Waals surface area contributed by atoms with E-state index in [4.69, 9.17) is 4.74 Å². The third-order valence-corrected chi connectivity index (χ3v) is 3.64. The molecule has 0 aliphatic heterocycles. The van der Waals surface area contributed by atoms with Crippen LogP contribution in [0.4, 0.5) is 15.8 Å². The number of nitrogens with one attached hydrogen (secondary N) is 2. The molecule has 8 nitrogen and oxygen atoms in total. The van der Waals surface area contributed by atoms with Crippen LogP contribution in [0.2, 0.25) is 0 Å². The second-order valence-corrected chi connectivity index (χ2v) is 5.83. The summed E-state index contributed by atoms with van der Waals surface area (Å²) in [5.41, 5.74) is 1.15. The number of hydrogen-bond acceptors (Lipinski definition) is 6. The molecule has 0 fully saturated rings. The van der Waals surface area contributed by atoms with Crippen LogP contribution in [0.3, 0.4) is 0 Å². The average Bonchev–Trinajstić information content (AvgIpc) is 2.72. The molecule has 2 rings (SSSR count). The van der Waals surface area contributed by atoms with Crippen molar-refractivity contribution in [3.8, 4) is 0 Å². The minimum Gasteiger partial charge on any atom is -0.465 e. The molecule has 0 aliphatic carbocycles. The van der Waals surface area contributed by atoms with Crippen molar-refractivity contribution in [3.63, 3.8) is 0 Å². The number of anilines is 2. The SMILES string of the molecule is COC(=O)c1ccc(NC(=O)COC(=O)CCC(=O)Nc2ccc(F)cc2)cc1. The maximum Gasteiger partial charge on any atom is 0.337 e. The Morgan fingerprint density at radius 1 is 0.828 bits per heavy atom. The van der Waals surface area contributed by atoms with Gasteiger partial charge in [0.25, 0.3) is 5.91 Å². The van der Waals surface area contributed by atoms with Crippen molar-refractivity contribution in [1.29, 1.82) is 0 Å². The lowest BCUT2D eigenvalue weighted by Crippen LogP contribution is -2.21. The maximum absolute atomic E-state index is 12.8. The Kier molecular flexibility index (Phi) is 7.84. The Bertz CT molecular complexity index is 881. The zero-order chi connectivity index (χ0) is 21.2. The lowest BCUT2D eigenvalue weighted by molar-refractivity contribution is -0.147. The highest BCUT2D eigenvalue weighted by molar-refractivity contribution is 5.95. The van der Waals surface area contributed by atoms with Crippen LogP contribution >= 0.6 is 0 Å². The second-order valence-electron chi connectivity index (χ2n) is 5.83. The number of carbonyl (C=O) groups excluding carboxylic acids is 4. The van der Waals surface area contributed by atoms with E-state index in [1.165, 1.54) is 55.6 Å². The van der Waals surface area contributed by atoms with E-state index in [-0.39, 0.29) is 12.8 Å². The van der Waals surface area contributed by atoms with E-state index in [0.29, 0.717) is 16.9 Å². The van der Waals surface area contributed by atoms with Crippen molar-refractivity contribution in [2.75, 3.05) is 24.4 Å². The number of hydrogen-bond donors (Lipinski definition) is 2. The van der Waals surface area contributed by atoms with Crippen LogP contribution in [0.25, 0.3) is 0 Å². The van der Waals surface area contributed by atoms with Crippen LogP contribution < -0.4 is 10.6 Å². The molecule has 152 valence electrons. The summed E-state index contributed by atoms with van der Waals surface area (Å²) < 4.78 is 22.2. The highest BCUT2D eigenvalue weighted by Crippen LogP contribution is 2.11. The molecule has 2 amide bonds. The molecule has 0 atom stereocenters. The molecular formula is C20H19FN2O6. The van der Waals surface area contributed by atoms with E-state index < -0.39 is 36.2 Å². The predicted octanol–water partition coefficient (Wildman–Crippen LogP) is 2.51. The van der Waals surface area contributed by atoms with Crippen LogP contribution in [-0.4, -0.2) is 37.5 Å². The van der Waals surface area contributed by atoms with Crippen LogP contribution in [-0.2, 0) is 23.9 Å².